The van der Waals surface area contributed by atoms with Crippen LogP contribution in [-0.2, 0) is 6.42 Å². The SMILES string of the molecule is CCOc1ccc(CCNC(=NC)NCC(C2CC2)N(C)C)cc1OCC. The molecule has 0 spiro atoms. The van der Waals surface area contributed by atoms with Gasteiger partial charge in [-0.1, -0.05) is 6.07 Å². The van der Waals surface area contributed by atoms with Crippen molar-refractivity contribution in [1.29, 1.82) is 0 Å². The second kappa shape index (κ2) is 11.0. The van der Waals surface area contributed by atoms with Crippen molar-refractivity contribution < 1.29 is 9.47 Å². The third-order valence-electron chi connectivity index (χ3n) is 4.85. The first-order chi connectivity index (χ1) is 13.1. The Kier molecular flexibility index (Phi) is 8.72. The average molecular weight is 377 g/mol. The first-order valence-corrected chi connectivity index (χ1v) is 10.1. The topological polar surface area (TPSA) is 58.1 Å². The number of hydrogen-bond donors (Lipinski definition) is 2. The molecule has 2 rings (SSSR count). The minimum atomic E-state index is 0.573. The second-order valence-corrected chi connectivity index (χ2v) is 7.15. The fraction of sp³-hybridized carbons (Fsp3) is 0.667. The van der Waals surface area contributed by atoms with Crippen molar-refractivity contribution in [3.63, 3.8) is 0 Å². The van der Waals surface area contributed by atoms with Gasteiger partial charge in [-0.25, -0.2) is 0 Å². The lowest BCUT2D eigenvalue weighted by molar-refractivity contribution is 0.264. The summed E-state index contributed by atoms with van der Waals surface area (Å²) in [7, 11) is 6.13. The Hall–Kier alpha value is -1.95. The number of likely N-dealkylation sites (N-methyl/N-ethyl adjacent to an activating group) is 1. The molecule has 0 saturated heterocycles. The van der Waals surface area contributed by atoms with Crippen molar-refractivity contribution in [2.24, 2.45) is 10.9 Å². The van der Waals surface area contributed by atoms with Crippen LogP contribution in [0.5, 0.6) is 11.5 Å². The van der Waals surface area contributed by atoms with Gasteiger partial charge in [0.15, 0.2) is 17.5 Å². The maximum absolute atomic E-state index is 5.71. The van der Waals surface area contributed by atoms with Crippen LogP contribution >= 0.6 is 0 Å². The van der Waals surface area contributed by atoms with E-state index in [4.69, 9.17) is 9.47 Å². The van der Waals surface area contributed by atoms with Crippen LogP contribution in [0.15, 0.2) is 23.2 Å². The predicted octanol–water partition coefficient (Wildman–Crippen LogP) is 2.53. The van der Waals surface area contributed by atoms with Crippen LogP contribution in [0.3, 0.4) is 0 Å². The van der Waals surface area contributed by atoms with E-state index in [0.29, 0.717) is 19.3 Å². The van der Waals surface area contributed by atoms with E-state index in [1.54, 1.807) is 0 Å². The minimum Gasteiger partial charge on any atom is -0.490 e. The third kappa shape index (κ3) is 6.94. The lowest BCUT2D eigenvalue weighted by Gasteiger charge is -2.25. The molecule has 1 saturated carbocycles. The molecular weight excluding hydrogens is 340 g/mol. The van der Waals surface area contributed by atoms with Crippen LogP contribution in [0.4, 0.5) is 0 Å². The Morgan fingerprint density at radius 2 is 1.85 bits per heavy atom. The van der Waals surface area contributed by atoms with Crippen LogP contribution in [0.1, 0.15) is 32.3 Å². The summed E-state index contributed by atoms with van der Waals surface area (Å²) in [5.74, 6) is 3.31. The molecule has 2 N–H and O–H groups in total. The van der Waals surface area contributed by atoms with Crippen LogP contribution in [-0.4, -0.2) is 64.3 Å². The van der Waals surface area contributed by atoms with Crippen molar-refractivity contribution in [1.82, 2.24) is 15.5 Å². The summed E-state index contributed by atoms with van der Waals surface area (Å²) in [5, 5.41) is 6.88. The molecule has 0 aliphatic heterocycles. The second-order valence-electron chi connectivity index (χ2n) is 7.15. The van der Waals surface area contributed by atoms with Gasteiger partial charge in [-0.05, 0) is 70.8 Å². The molecule has 0 radical (unpaired) electrons. The molecule has 0 bridgehead atoms. The summed E-state index contributed by atoms with van der Waals surface area (Å²) in [4.78, 5) is 6.66. The summed E-state index contributed by atoms with van der Waals surface area (Å²) in [6, 6.07) is 6.74. The fourth-order valence-corrected chi connectivity index (χ4v) is 3.25. The maximum Gasteiger partial charge on any atom is 0.191 e. The molecule has 27 heavy (non-hydrogen) atoms. The molecule has 0 aromatic heterocycles. The summed E-state index contributed by atoms with van der Waals surface area (Å²) in [5.41, 5.74) is 1.22. The van der Waals surface area contributed by atoms with Crippen molar-refractivity contribution in [2.75, 3.05) is 47.4 Å². The Morgan fingerprint density at radius 1 is 1.15 bits per heavy atom. The lowest BCUT2D eigenvalue weighted by atomic mass is 10.1. The van der Waals surface area contributed by atoms with E-state index >= 15 is 0 Å². The van der Waals surface area contributed by atoms with Gasteiger partial charge in [-0.3, -0.25) is 4.99 Å². The Bertz CT molecular complexity index is 598. The standard InChI is InChI=1S/C21H36N4O2/c1-6-26-19-11-8-16(14-20(19)27-7-2)12-13-23-21(22-3)24-15-18(25(4)5)17-9-10-17/h8,11,14,17-18H,6-7,9-10,12-13,15H2,1-5H3,(H2,22,23,24). The number of rotatable bonds is 11. The van der Waals surface area contributed by atoms with E-state index in [1.165, 1.54) is 18.4 Å². The van der Waals surface area contributed by atoms with E-state index in [9.17, 15) is 0 Å². The molecule has 1 unspecified atom stereocenters. The van der Waals surface area contributed by atoms with Crippen LogP contribution in [0.25, 0.3) is 0 Å². The number of hydrogen-bond acceptors (Lipinski definition) is 4. The molecule has 0 heterocycles. The monoisotopic (exact) mass is 376 g/mol. The van der Waals surface area contributed by atoms with Gasteiger partial charge in [0.1, 0.15) is 0 Å². The maximum atomic E-state index is 5.71. The molecule has 1 aliphatic rings. The number of guanidine groups is 1. The van der Waals surface area contributed by atoms with Crippen molar-refractivity contribution in [2.45, 2.75) is 39.2 Å². The van der Waals surface area contributed by atoms with Crippen LogP contribution in [0.2, 0.25) is 0 Å². The predicted molar refractivity (Wildman–Crippen MR) is 112 cm³/mol. The lowest BCUT2D eigenvalue weighted by Crippen LogP contribution is -2.46. The molecule has 6 nitrogen and oxygen atoms in total. The smallest absolute Gasteiger partial charge is 0.191 e. The average Bonchev–Trinajstić information content (AvgIpc) is 3.47. The number of nitrogens with zero attached hydrogens (tertiary/aromatic N) is 2. The molecular formula is C21H36N4O2. The Labute approximate surface area is 164 Å². The Morgan fingerprint density at radius 3 is 2.44 bits per heavy atom. The van der Waals surface area contributed by atoms with Gasteiger partial charge in [-0.15, -0.1) is 0 Å². The van der Waals surface area contributed by atoms with E-state index < -0.39 is 0 Å². The molecule has 0 amide bonds. The zero-order valence-corrected chi connectivity index (χ0v) is 17.5. The molecule has 1 fully saturated rings. The highest BCUT2D eigenvalue weighted by Gasteiger charge is 2.32. The highest BCUT2D eigenvalue weighted by atomic mass is 16.5. The van der Waals surface area contributed by atoms with E-state index in [1.807, 2.05) is 27.0 Å². The highest BCUT2D eigenvalue weighted by Crippen LogP contribution is 2.34. The minimum absolute atomic E-state index is 0.573. The number of nitrogens with one attached hydrogen (secondary N) is 2. The third-order valence-corrected chi connectivity index (χ3v) is 4.85. The molecule has 1 aliphatic carbocycles. The van der Waals surface area contributed by atoms with E-state index in [0.717, 1.165) is 42.9 Å². The number of aliphatic imine (C=N–C) groups is 1. The zero-order chi connectivity index (χ0) is 19.6. The first kappa shape index (κ1) is 21.4. The van der Waals surface area contributed by atoms with E-state index in [-0.39, 0.29) is 0 Å². The summed E-state index contributed by atoms with van der Waals surface area (Å²) in [6.45, 7) is 6.98. The number of ether oxygens (including phenoxy) is 2. The first-order valence-electron chi connectivity index (χ1n) is 10.1. The summed E-state index contributed by atoms with van der Waals surface area (Å²) >= 11 is 0. The van der Waals surface area contributed by atoms with Crippen LogP contribution in [0, 0.1) is 5.92 Å². The van der Waals surface area contributed by atoms with Gasteiger partial charge in [0.2, 0.25) is 0 Å². The van der Waals surface area contributed by atoms with E-state index in [2.05, 4.69) is 46.8 Å². The molecule has 152 valence electrons. The van der Waals surface area contributed by atoms with Crippen molar-refractivity contribution in [3.8, 4) is 11.5 Å². The molecule has 1 atom stereocenters. The number of benzene rings is 1. The molecule has 1 aromatic rings. The normalized spacial score (nSPS) is 15.6. The summed E-state index contributed by atoms with van der Waals surface area (Å²) in [6.07, 6.45) is 3.58. The summed E-state index contributed by atoms with van der Waals surface area (Å²) < 4.78 is 11.3. The van der Waals surface area contributed by atoms with Crippen molar-refractivity contribution >= 4 is 5.96 Å². The van der Waals surface area contributed by atoms with Gasteiger partial charge in [0.05, 0.1) is 13.2 Å². The molecule has 1 aromatic carbocycles. The van der Waals surface area contributed by atoms with Gasteiger partial charge >= 0.3 is 0 Å². The van der Waals surface area contributed by atoms with Gasteiger partial charge in [0, 0.05) is 26.2 Å². The molecule has 6 heteroatoms. The fourth-order valence-electron chi connectivity index (χ4n) is 3.25. The van der Waals surface area contributed by atoms with Gasteiger partial charge in [0.25, 0.3) is 0 Å². The highest BCUT2D eigenvalue weighted by molar-refractivity contribution is 5.79. The zero-order valence-electron chi connectivity index (χ0n) is 17.5. The van der Waals surface area contributed by atoms with Crippen molar-refractivity contribution in [3.05, 3.63) is 23.8 Å². The van der Waals surface area contributed by atoms with Gasteiger partial charge < -0.3 is 25.0 Å². The van der Waals surface area contributed by atoms with Crippen LogP contribution < -0.4 is 20.1 Å². The quantitative estimate of drug-likeness (QED) is 0.459. The largest absolute Gasteiger partial charge is 0.490 e. The van der Waals surface area contributed by atoms with Gasteiger partial charge in [-0.2, -0.15) is 0 Å². The Balaban J connectivity index is 1.82.